The van der Waals surface area contributed by atoms with Gasteiger partial charge >= 0.3 is 0 Å². The molecule has 1 amide bonds. The number of amides is 1. The van der Waals surface area contributed by atoms with Crippen molar-refractivity contribution in [1.82, 2.24) is 4.90 Å². The average Bonchev–Trinajstić information content (AvgIpc) is 2.95. The molecule has 2 aliphatic heterocycles. The van der Waals surface area contributed by atoms with Crippen LogP contribution in [-0.4, -0.2) is 52.9 Å². The van der Waals surface area contributed by atoms with Gasteiger partial charge in [0.1, 0.15) is 5.75 Å². The van der Waals surface area contributed by atoms with Crippen LogP contribution >= 0.6 is 0 Å². The number of ether oxygens (including phenoxy) is 1. The summed E-state index contributed by atoms with van der Waals surface area (Å²) in [5.41, 5.74) is 1.63. The zero-order valence-corrected chi connectivity index (χ0v) is 9.87. The number of rotatable bonds is 1. The van der Waals surface area contributed by atoms with Crippen LogP contribution in [0.15, 0.2) is 18.2 Å². The maximum Gasteiger partial charge on any atom is 0.254 e. The molecule has 0 radical (unpaired) electrons. The van der Waals surface area contributed by atoms with Crippen molar-refractivity contribution in [2.75, 3.05) is 19.7 Å². The Morgan fingerprint density at radius 2 is 2.00 bits per heavy atom. The van der Waals surface area contributed by atoms with E-state index in [1.807, 2.05) is 6.07 Å². The van der Waals surface area contributed by atoms with Crippen molar-refractivity contribution < 1.29 is 19.7 Å². The Bertz CT molecular complexity index is 478. The second-order valence-electron chi connectivity index (χ2n) is 4.77. The van der Waals surface area contributed by atoms with Gasteiger partial charge in [0, 0.05) is 25.1 Å². The van der Waals surface area contributed by atoms with Crippen LogP contribution in [0.3, 0.4) is 0 Å². The largest absolute Gasteiger partial charge is 0.493 e. The highest BCUT2D eigenvalue weighted by molar-refractivity contribution is 5.95. The van der Waals surface area contributed by atoms with Gasteiger partial charge in [-0.25, -0.2) is 0 Å². The summed E-state index contributed by atoms with van der Waals surface area (Å²) in [5, 5.41) is 18.9. The Hall–Kier alpha value is -1.59. The quantitative estimate of drug-likeness (QED) is 0.723. The lowest BCUT2D eigenvalue weighted by molar-refractivity contribution is 0.0572. The van der Waals surface area contributed by atoms with Gasteiger partial charge in [0.15, 0.2) is 0 Å². The highest BCUT2D eigenvalue weighted by Gasteiger charge is 2.33. The zero-order chi connectivity index (χ0) is 12.7. The summed E-state index contributed by atoms with van der Waals surface area (Å²) in [6, 6.07) is 5.36. The Kier molecular flexibility index (Phi) is 2.72. The first kappa shape index (κ1) is 11.5. The van der Waals surface area contributed by atoms with Crippen molar-refractivity contribution in [3.63, 3.8) is 0 Å². The molecule has 1 aromatic carbocycles. The lowest BCUT2D eigenvalue weighted by atomic mass is 10.1. The molecule has 18 heavy (non-hydrogen) atoms. The van der Waals surface area contributed by atoms with Crippen molar-refractivity contribution >= 4 is 5.91 Å². The standard InChI is InChI=1S/C13H15NO4/c15-10-6-14(7-11(10)16)13(17)9-1-2-12-8(5-9)3-4-18-12/h1-2,5,10-11,15-16H,3-4,6-7H2. The minimum atomic E-state index is -0.841. The van der Waals surface area contributed by atoms with E-state index in [4.69, 9.17) is 4.74 Å². The van der Waals surface area contributed by atoms with Gasteiger partial charge < -0.3 is 19.8 Å². The molecule has 0 bridgehead atoms. The third-order valence-electron chi connectivity index (χ3n) is 3.48. The Labute approximate surface area is 105 Å². The number of aliphatic hydroxyl groups excluding tert-OH is 2. The first-order chi connectivity index (χ1) is 8.65. The van der Waals surface area contributed by atoms with Gasteiger partial charge in [0.25, 0.3) is 5.91 Å². The predicted molar refractivity (Wildman–Crippen MR) is 63.6 cm³/mol. The van der Waals surface area contributed by atoms with Crippen LogP contribution in [0, 0.1) is 0 Å². The normalized spacial score (nSPS) is 26.0. The van der Waals surface area contributed by atoms with E-state index in [1.54, 1.807) is 12.1 Å². The molecule has 1 saturated heterocycles. The van der Waals surface area contributed by atoms with Crippen LogP contribution in [0.4, 0.5) is 0 Å². The Morgan fingerprint density at radius 3 is 2.72 bits per heavy atom. The number of likely N-dealkylation sites (tertiary alicyclic amines) is 1. The summed E-state index contributed by atoms with van der Waals surface area (Å²) in [5.74, 6) is 0.688. The third-order valence-corrected chi connectivity index (χ3v) is 3.48. The molecule has 0 spiro atoms. The van der Waals surface area contributed by atoms with E-state index in [1.165, 1.54) is 4.90 Å². The predicted octanol–water partition coefficient (Wildman–Crippen LogP) is -0.201. The lowest BCUT2D eigenvalue weighted by Gasteiger charge is -2.15. The van der Waals surface area contributed by atoms with Crippen LogP contribution in [0.1, 0.15) is 15.9 Å². The summed E-state index contributed by atoms with van der Waals surface area (Å²) in [4.78, 5) is 13.7. The molecule has 2 N–H and O–H groups in total. The number of carbonyl (C=O) groups excluding carboxylic acids is 1. The Balaban J connectivity index is 1.81. The number of hydrogen-bond acceptors (Lipinski definition) is 4. The summed E-state index contributed by atoms with van der Waals surface area (Å²) in [6.07, 6.45) is -0.861. The van der Waals surface area contributed by atoms with Crippen molar-refractivity contribution in [1.29, 1.82) is 0 Å². The molecule has 2 heterocycles. The maximum atomic E-state index is 12.2. The lowest BCUT2D eigenvalue weighted by Crippen LogP contribution is -2.29. The van der Waals surface area contributed by atoms with Gasteiger partial charge in [0.2, 0.25) is 0 Å². The fraction of sp³-hybridized carbons (Fsp3) is 0.462. The fourth-order valence-electron chi connectivity index (χ4n) is 2.44. The fourth-order valence-corrected chi connectivity index (χ4v) is 2.44. The van der Waals surface area contributed by atoms with E-state index >= 15 is 0 Å². The van der Waals surface area contributed by atoms with E-state index in [9.17, 15) is 15.0 Å². The number of benzene rings is 1. The molecule has 1 aromatic rings. The molecule has 96 valence electrons. The molecule has 2 aliphatic rings. The number of nitrogens with zero attached hydrogens (tertiary/aromatic N) is 1. The van der Waals surface area contributed by atoms with Crippen LogP contribution in [0.5, 0.6) is 5.75 Å². The summed E-state index contributed by atoms with van der Waals surface area (Å²) >= 11 is 0. The SMILES string of the molecule is O=C(c1ccc2c(c1)CCO2)N1CC(O)C(O)C1. The first-order valence-corrected chi connectivity index (χ1v) is 6.06. The molecule has 1 fully saturated rings. The molecule has 0 aromatic heterocycles. The number of aliphatic hydroxyl groups is 2. The monoisotopic (exact) mass is 249 g/mol. The van der Waals surface area contributed by atoms with Crippen molar-refractivity contribution in [3.8, 4) is 5.75 Å². The zero-order valence-electron chi connectivity index (χ0n) is 9.87. The van der Waals surface area contributed by atoms with Gasteiger partial charge in [0.05, 0.1) is 18.8 Å². The molecule has 2 unspecified atom stereocenters. The van der Waals surface area contributed by atoms with Gasteiger partial charge in [-0.2, -0.15) is 0 Å². The van der Waals surface area contributed by atoms with Crippen molar-refractivity contribution in [2.45, 2.75) is 18.6 Å². The van der Waals surface area contributed by atoms with Gasteiger partial charge in [-0.1, -0.05) is 0 Å². The maximum absolute atomic E-state index is 12.2. The van der Waals surface area contributed by atoms with E-state index in [-0.39, 0.29) is 19.0 Å². The van der Waals surface area contributed by atoms with Gasteiger partial charge in [-0.3, -0.25) is 4.79 Å². The molecule has 5 nitrogen and oxygen atoms in total. The van der Waals surface area contributed by atoms with Crippen molar-refractivity contribution in [3.05, 3.63) is 29.3 Å². The molecule has 2 atom stereocenters. The highest BCUT2D eigenvalue weighted by Crippen LogP contribution is 2.26. The van der Waals surface area contributed by atoms with Crippen LogP contribution < -0.4 is 4.74 Å². The number of hydrogen-bond donors (Lipinski definition) is 2. The van der Waals surface area contributed by atoms with E-state index < -0.39 is 12.2 Å². The number of fused-ring (bicyclic) bond motifs is 1. The summed E-state index contributed by atoms with van der Waals surface area (Å²) in [7, 11) is 0. The van der Waals surface area contributed by atoms with Gasteiger partial charge in [-0.05, 0) is 23.8 Å². The third kappa shape index (κ3) is 1.85. The molecule has 0 saturated carbocycles. The minimum absolute atomic E-state index is 0.152. The topological polar surface area (TPSA) is 70.0 Å². The first-order valence-electron chi connectivity index (χ1n) is 6.06. The average molecular weight is 249 g/mol. The van der Waals surface area contributed by atoms with Crippen molar-refractivity contribution in [2.24, 2.45) is 0 Å². The molecule has 5 heteroatoms. The molecule has 3 rings (SSSR count). The summed E-state index contributed by atoms with van der Waals surface area (Å²) in [6.45, 7) is 1.04. The molecular formula is C13H15NO4. The number of carbonyl (C=O) groups is 1. The summed E-state index contributed by atoms with van der Waals surface area (Å²) < 4.78 is 5.39. The van der Waals surface area contributed by atoms with Crippen LogP contribution in [-0.2, 0) is 6.42 Å². The molecular weight excluding hydrogens is 234 g/mol. The Morgan fingerprint density at radius 1 is 1.28 bits per heavy atom. The highest BCUT2D eigenvalue weighted by atomic mass is 16.5. The second-order valence-corrected chi connectivity index (χ2v) is 4.77. The van der Waals surface area contributed by atoms with Crippen LogP contribution in [0.25, 0.3) is 0 Å². The second kappa shape index (κ2) is 4.26. The van der Waals surface area contributed by atoms with E-state index in [0.29, 0.717) is 12.2 Å². The van der Waals surface area contributed by atoms with Gasteiger partial charge in [-0.15, -0.1) is 0 Å². The molecule has 0 aliphatic carbocycles. The minimum Gasteiger partial charge on any atom is -0.493 e. The smallest absolute Gasteiger partial charge is 0.254 e. The number of β-amino-alcohol motifs (C(OH)–C–C–N with tert-alkyl or cyclic N) is 2. The van der Waals surface area contributed by atoms with E-state index in [2.05, 4.69) is 0 Å². The van der Waals surface area contributed by atoms with E-state index in [0.717, 1.165) is 17.7 Å². The van der Waals surface area contributed by atoms with Crippen LogP contribution in [0.2, 0.25) is 0 Å².